The summed E-state index contributed by atoms with van der Waals surface area (Å²) in [6.07, 6.45) is 2.52. The number of likely N-dealkylation sites (N-methyl/N-ethyl adjacent to an activating group) is 2. The van der Waals surface area contributed by atoms with Crippen molar-refractivity contribution in [2.75, 3.05) is 40.3 Å². The summed E-state index contributed by atoms with van der Waals surface area (Å²) in [7, 11) is 4.30. The molecule has 3 heteroatoms. The molecule has 1 aliphatic heterocycles. The molecule has 0 aromatic heterocycles. The van der Waals surface area contributed by atoms with E-state index in [-0.39, 0.29) is 0 Å². The molecule has 1 saturated heterocycles. The fourth-order valence-electron chi connectivity index (χ4n) is 2.40. The fraction of sp³-hybridized carbons (Fsp3) is 1.00. The minimum absolute atomic E-state index is 0.649. The van der Waals surface area contributed by atoms with Crippen LogP contribution >= 0.6 is 0 Å². The number of hydrogen-bond acceptors (Lipinski definition) is 3. The second-order valence-corrected chi connectivity index (χ2v) is 4.85. The van der Waals surface area contributed by atoms with E-state index < -0.39 is 0 Å². The molecule has 1 N–H and O–H groups in total. The van der Waals surface area contributed by atoms with Crippen molar-refractivity contribution in [3.8, 4) is 0 Å². The summed E-state index contributed by atoms with van der Waals surface area (Å²) in [5.41, 5.74) is 0. The molecule has 0 bridgehead atoms. The lowest BCUT2D eigenvalue weighted by molar-refractivity contribution is 0.183. The molecular formula is C12H27N3. The highest BCUT2D eigenvalue weighted by atomic mass is 15.2. The Morgan fingerprint density at radius 2 is 2.13 bits per heavy atom. The van der Waals surface area contributed by atoms with Gasteiger partial charge >= 0.3 is 0 Å². The second kappa shape index (κ2) is 6.46. The van der Waals surface area contributed by atoms with Crippen LogP contribution in [0.2, 0.25) is 0 Å². The molecule has 0 aliphatic carbocycles. The lowest BCUT2D eigenvalue weighted by Crippen LogP contribution is -2.45. The Morgan fingerprint density at radius 1 is 1.40 bits per heavy atom. The van der Waals surface area contributed by atoms with E-state index in [1.165, 1.54) is 39.0 Å². The zero-order valence-corrected chi connectivity index (χ0v) is 10.8. The van der Waals surface area contributed by atoms with Gasteiger partial charge in [-0.1, -0.05) is 6.92 Å². The maximum atomic E-state index is 3.40. The van der Waals surface area contributed by atoms with Gasteiger partial charge in [-0.05, 0) is 47.0 Å². The highest BCUT2D eigenvalue weighted by Gasteiger charge is 2.21. The van der Waals surface area contributed by atoms with Gasteiger partial charge < -0.3 is 10.2 Å². The SMILES string of the molecule is CCC(CN1CCCN(C)CC1C)NC. The molecule has 0 spiro atoms. The molecule has 3 nitrogen and oxygen atoms in total. The molecule has 2 unspecified atom stereocenters. The van der Waals surface area contributed by atoms with Crippen molar-refractivity contribution >= 4 is 0 Å². The van der Waals surface area contributed by atoms with Gasteiger partial charge in [0.05, 0.1) is 0 Å². The van der Waals surface area contributed by atoms with E-state index >= 15 is 0 Å². The third-order valence-electron chi connectivity index (χ3n) is 3.54. The van der Waals surface area contributed by atoms with E-state index in [1.807, 2.05) is 0 Å². The van der Waals surface area contributed by atoms with Crippen molar-refractivity contribution in [3.63, 3.8) is 0 Å². The first kappa shape index (κ1) is 12.9. The normalized spacial score (nSPS) is 27.6. The summed E-state index contributed by atoms with van der Waals surface area (Å²) < 4.78 is 0. The standard InChI is InChI=1S/C12H27N3/c1-5-12(13-3)10-15-8-6-7-14(4)9-11(15)2/h11-13H,5-10H2,1-4H3. The topological polar surface area (TPSA) is 18.5 Å². The zero-order chi connectivity index (χ0) is 11.3. The Hall–Kier alpha value is -0.120. The third-order valence-corrected chi connectivity index (χ3v) is 3.54. The summed E-state index contributed by atoms with van der Waals surface area (Å²) in [5.74, 6) is 0. The van der Waals surface area contributed by atoms with Crippen molar-refractivity contribution < 1.29 is 0 Å². The summed E-state index contributed by atoms with van der Waals surface area (Å²) in [6.45, 7) is 9.52. The zero-order valence-electron chi connectivity index (χ0n) is 10.8. The first-order chi connectivity index (χ1) is 7.17. The monoisotopic (exact) mass is 213 g/mol. The van der Waals surface area contributed by atoms with Crippen molar-refractivity contribution in [2.24, 2.45) is 0 Å². The molecule has 0 radical (unpaired) electrons. The lowest BCUT2D eigenvalue weighted by atomic mass is 10.2. The summed E-state index contributed by atoms with van der Waals surface area (Å²) in [6, 6.07) is 1.34. The molecule has 1 fully saturated rings. The average Bonchev–Trinajstić information content (AvgIpc) is 2.36. The Labute approximate surface area is 94.8 Å². The van der Waals surface area contributed by atoms with Gasteiger partial charge in [0.1, 0.15) is 0 Å². The van der Waals surface area contributed by atoms with Gasteiger partial charge in [0.15, 0.2) is 0 Å². The van der Waals surface area contributed by atoms with Crippen LogP contribution in [0.25, 0.3) is 0 Å². The average molecular weight is 213 g/mol. The van der Waals surface area contributed by atoms with Gasteiger partial charge in [-0.3, -0.25) is 4.90 Å². The third kappa shape index (κ3) is 4.09. The molecular weight excluding hydrogens is 186 g/mol. The van der Waals surface area contributed by atoms with Crippen LogP contribution in [0.5, 0.6) is 0 Å². The molecule has 0 aromatic rings. The maximum absolute atomic E-state index is 3.40. The van der Waals surface area contributed by atoms with Gasteiger partial charge in [0, 0.05) is 25.2 Å². The van der Waals surface area contributed by atoms with E-state index in [9.17, 15) is 0 Å². The first-order valence-electron chi connectivity index (χ1n) is 6.27. The minimum Gasteiger partial charge on any atom is -0.316 e. The minimum atomic E-state index is 0.649. The molecule has 1 heterocycles. The highest BCUT2D eigenvalue weighted by molar-refractivity contribution is 4.78. The van der Waals surface area contributed by atoms with Crippen molar-refractivity contribution in [1.29, 1.82) is 0 Å². The van der Waals surface area contributed by atoms with E-state index in [0.29, 0.717) is 12.1 Å². The van der Waals surface area contributed by atoms with Crippen LogP contribution in [-0.4, -0.2) is 62.2 Å². The fourth-order valence-corrected chi connectivity index (χ4v) is 2.40. The van der Waals surface area contributed by atoms with Gasteiger partial charge in [0.2, 0.25) is 0 Å². The van der Waals surface area contributed by atoms with E-state index in [4.69, 9.17) is 0 Å². The Balaban J connectivity index is 2.44. The Kier molecular flexibility index (Phi) is 5.58. The number of nitrogens with zero attached hydrogens (tertiary/aromatic N) is 2. The lowest BCUT2D eigenvalue weighted by Gasteiger charge is -2.31. The number of rotatable bonds is 4. The van der Waals surface area contributed by atoms with Crippen molar-refractivity contribution in [2.45, 2.75) is 38.8 Å². The molecule has 0 amide bonds. The van der Waals surface area contributed by atoms with E-state index in [1.54, 1.807) is 0 Å². The quantitative estimate of drug-likeness (QED) is 0.752. The highest BCUT2D eigenvalue weighted by Crippen LogP contribution is 2.09. The van der Waals surface area contributed by atoms with Gasteiger partial charge in [-0.25, -0.2) is 0 Å². The van der Waals surface area contributed by atoms with Crippen LogP contribution < -0.4 is 5.32 Å². The molecule has 15 heavy (non-hydrogen) atoms. The molecule has 2 atom stereocenters. The predicted molar refractivity (Wildman–Crippen MR) is 66.3 cm³/mol. The van der Waals surface area contributed by atoms with Crippen LogP contribution in [0.15, 0.2) is 0 Å². The van der Waals surface area contributed by atoms with Gasteiger partial charge in [-0.2, -0.15) is 0 Å². The summed E-state index contributed by atoms with van der Waals surface area (Å²) >= 11 is 0. The Bertz CT molecular complexity index is 168. The Morgan fingerprint density at radius 3 is 2.73 bits per heavy atom. The van der Waals surface area contributed by atoms with Crippen LogP contribution in [0.4, 0.5) is 0 Å². The van der Waals surface area contributed by atoms with Crippen LogP contribution in [0.3, 0.4) is 0 Å². The first-order valence-corrected chi connectivity index (χ1v) is 6.27. The van der Waals surface area contributed by atoms with Gasteiger partial charge in [-0.15, -0.1) is 0 Å². The molecule has 0 aromatic carbocycles. The van der Waals surface area contributed by atoms with E-state index in [0.717, 1.165) is 0 Å². The van der Waals surface area contributed by atoms with Crippen molar-refractivity contribution in [3.05, 3.63) is 0 Å². The molecule has 90 valence electrons. The van der Waals surface area contributed by atoms with E-state index in [2.05, 4.69) is 43.1 Å². The molecule has 1 aliphatic rings. The smallest absolute Gasteiger partial charge is 0.0195 e. The predicted octanol–water partition coefficient (Wildman–Crippen LogP) is 1.01. The van der Waals surface area contributed by atoms with Crippen LogP contribution in [0, 0.1) is 0 Å². The van der Waals surface area contributed by atoms with Gasteiger partial charge in [0.25, 0.3) is 0 Å². The summed E-state index contributed by atoms with van der Waals surface area (Å²) in [5, 5.41) is 3.40. The molecule has 1 rings (SSSR count). The van der Waals surface area contributed by atoms with Crippen LogP contribution in [0.1, 0.15) is 26.7 Å². The largest absolute Gasteiger partial charge is 0.316 e. The summed E-state index contributed by atoms with van der Waals surface area (Å²) in [4.78, 5) is 5.08. The number of hydrogen-bond donors (Lipinski definition) is 1. The van der Waals surface area contributed by atoms with Crippen molar-refractivity contribution in [1.82, 2.24) is 15.1 Å². The second-order valence-electron chi connectivity index (χ2n) is 4.85. The van der Waals surface area contributed by atoms with Crippen LogP contribution in [-0.2, 0) is 0 Å². The maximum Gasteiger partial charge on any atom is 0.0195 e. The number of nitrogens with one attached hydrogen (secondary N) is 1. The molecule has 0 saturated carbocycles.